The van der Waals surface area contributed by atoms with Gasteiger partial charge in [-0.2, -0.15) is 0 Å². The third-order valence-electron chi connectivity index (χ3n) is 9.48. The van der Waals surface area contributed by atoms with Gasteiger partial charge in [0.15, 0.2) is 6.10 Å². The fourth-order valence-corrected chi connectivity index (χ4v) is 6.50. The first-order valence-corrected chi connectivity index (χ1v) is 25.7. The molecule has 0 radical (unpaired) electrons. The second-order valence-corrected chi connectivity index (χ2v) is 18.1. The molecule has 0 saturated carbocycles. The first-order chi connectivity index (χ1) is 31.0. The molecule has 0 saturated heterocycles. The van der Waals surface area contributed by atoms with Crippen molar-refractivity contribution in [2.75, 3.05) is 47.5 Å². The van der Waals surface area contributed by atoms with Crippen molar-refractivity contribution in [3.63, 3.8) is 0 Å². The Bertz CT molecular complexity index is 1490. The van der Waals surface area contributed by atoms with E-state index in [0.717, 1.165) is 89.9 Å². The molecule has 0 fully saturated rings. The third kappa shape index (κ3) is 47.9. The summed E-state index contributed by atoms with van der Waals surface area (Å²) < 4.78 is 33.9. The molecular weight excluding hydrogens is 822 g/mol. The summed E-state index contributed by atoms with van der Waals surface area (Å²) in [4.78, 5) is 37.7. The van der Waals surface area contributed by atoms with Crippen molar-refractivity contribution in [1.29, 1.82) is 0 Å². The predicted octanol–water partition coefficient (Wildman–Crippen LogP) is 13.8. The van der Waals surface area contributed by atoms with E-state index in [1.54, 1.807) is 0 Å². The van der Waals surface area contributed by atoms with E-state index in [-0.39, 0.29) is 26.1 Å². The number of esters is 2. The Kier molecular flexibility index (Phi) is 42.1. The van der Waals surface area contributed by atoms with Crippen LogP contribution in [0.2, 0.25) is 0 Å². The molecule has 0 aromatic carbocycles. The predicted molar refractivity (Wildman–Crippen MR) is 268 cm³/mol. The zero-order chi connectivity index (χ0) is 47.1. The average Bonchev–Trinajstić information content (AvgIpc) is 3.25. The standard InChI is InChI=1S/C54H88NO8P/c1-6-8-10-12-14-16-18-20-22-24-25-26-27-28-29-31-33-35-37-39-41-43-45-47-54(57)63-52(51-62-64(58,59)61-49-48-55(3,4)5)50-60-53(56)46-44-42-40-38-36-34-32-30-23-21-19-17-15-13-11-9-7-2/h8-11,14-17,20-23,25-26,28-29,33,35,39,41,52H,6-7,12-13,18-19,24,27,30-32,34,36-38,40,42-51H2,1-5H3/b10-8-,11-9-,16-14-,17-15-,22-20-,23-21-,26-25-,29-28-,35-33-,41-39-. The number of phosphoric acid groups is 1. The van der Waals surface area contributed by atoms with Crippen molar-refractivity contribution in [1.82, 2.24) is 0 Å². The highest BCUT2D eigenvalue weighted by atomic mass is 31.2. The van der Waals surface area contributed by atoms with E-state index in [2.05, 4.69) is 129 Å². The van der Waals surface area contributed by atoms with Crippen molar-refractivity contribution in [2.24, 2.45) is 0 Å². The number of hydrogen-bond donors (Lipinski definition) is 0. The van der Waals surface area contributed by atoms with Gasteiger partial charge in [-0.15, -0.1) is 0 Å². The number of allylic oxidation sites excluding steroid dienone is 20. The highest BCUT2D eigenvalue weighted by Crippen LogP contribution is 2.38. The number of ether oxygens (including phenoxy) is 2. The van der Waals surface area contributed by atoms with Gasteiger partial charge >= 0.3 is 11.9 Å². The summed E-state index contributed by atoms with van der Waals surface area (Å²) in [6, 6.07) is 0. The number of unbranched alkanes of at least 4 members (excludes halogenated alkanes) is 8. The molecule has 0 heterocycles. The maximum Gasteiger partial charge on any atom is 0.306 e. The van der Waals surface area contributed by atoms with Crippen LogP contribution in [-0.2, 0) is 32.7 Å². The highest BCUT2D eigenvalue weighted by Gasteiger charge is 2.21. The van der Waals surface area contributed by atoms with Gasteiger partial charge < -0.3 is 27.9 Å². The summed E-state index contributed by atoms with van der Waals surface area (Å²) in [7, 11) is 1.10. The average molecular weight is 910 g/mol. The number of phosphoric ester groups is 1. The van der Waals surface area contributed by atoms with E-state index in [1.165, 1.54) is 19.3 Å². The number of nitrogens with zero attached hydrogens (tertiary/aromatic N) is 1. The maximum absolute atomic E-state index is 12.7. The van der Waals surface area contributed by atoms with E-state index in [4.69, 9.17) is 18.5 Å². The Hall–Kier alpha value is -3.59. The molecule has 10 heteroatoms. The zero-order valence-electron chi connectivity index (χ0n) is 40.7. The zero-order valence-corrected chi connectivity index (χ0v) is 41.6. The van der Waals surface area contributed by atoms with Crippen molar-refractivity contribution < 1.29 is 42.1 Å². The topological polar surface area (TPSA) is 111 Å². The lowest BCUT2D eigenvalue weighted by Crippen LogP contribution is -2.37. The molecule has 0 amide bonds. The van der Waals surface area contributed by atoms with E-state index >= 15 is 0 Å². The normalized spacial score (nSPS) is 14.5. The number of carbonyl (C=O) groups excluding carboxylic acids is 2. The maximum atomic E-state index is 12.7. The number of likely N-dealkylation sites (N-methyl/N-ethyl adjacent to an activating group) is 1. The number of rotatable bonds is 42. The Morgan fingerprint density at radius 1 is 0.484 bits per heavy atom. The Morgan fingerprint density at radius 2 is 0.859 bits per heavy atom. The lowest BCUT2D eigenvalue weighted by atomic mass is 10.1. The van der Waals surface area contributed by atoms with Crippen LogP contribution < -0.4 is 4.89 Å². The van der Waals surface area contributed by atoms with Gasteiger partial charge in [-0.3, -0.25) is 14.2 Å². The first-order valence-electron chi connectivity index (χ1n) is 24.2. The molecule has 2 unspecified atom stereocenters. The van der Waals surface area contributed by atoms with Gasteiger partial charge in [0.2, 0.25) is 0 Å². The number of quaternary nitrogens is 1. The van der Waals surface area contributed by atoms with Crippen LogP contribution in [0.4, 0.5) is 0 Å². The summed E-state index contributed by atoms with van der Waals surface area (Å²) in [5.41, 5.74) is 0. The highest BCUT2D eigenvalue weighted by molar-refractivity contribution is 7.45. The SMILES string of the molecule is CC/C=C\C/C=C\C/C=C\C/C=C\C/C=C\C/C=C\C/C=C\CCCC(=O)OC(COC(=O)CCCCCCCCC/C=C\C/C=C\C/C=C\CC)COP(=O)([O-])OCC[N+](C)(C)C. The Morgan fingerprint density at radius 3 is 1.30 bits per heavy atom. The monoisotopic (exact) mass is 910 g/mol. The molecule has 0 bridgehead atoms. The molecule has 64 heavy (non-hydrogen) atoms. The molecule has 0 rings (SSSR count). The van der Waals surface area contributed by atoms with E-state index in [1.807, 2.05) is 27.2 Å². The van der Waals surface area contributed by atoms with Crippen LogP contribution in [-0.4, -0.2) is 70.0 Å². The third-order valence-corrected chi connectivity index (χ3v) is 10.4. The molecule has 0 aromatic heterocycles. The molecule has 362 valence electrons. The van der Waals surface area contributed by atoms with Gasteiger partial charge in [-0.05, 0) is 96.3 Å². The molecule has 9 nitrogen and oxygen atoms in total. The molecular formula is C54H88NO8P. The molecule has 0 aliphatic carbocycles. The largest absolute Gasteiger partial charge is 0.756 e. The van der Waals surface area contributed by atoms with Gasteiger partial charge in [-0.1, -0.05) is 167 Å². The second-order valence-electron chi connectivity index (χ2n) is 16.7. The smallest absolute Gasteiger partial charge is 0.306 e. The number of carbonyl (C=O) groups is 2. The lowest BCUT2D eigenvalue weighted by Gasteiger charge is -2.28. The minimum atomic E-state index is -4.66. The number of hydrogen-bond acceptors (Lipinski definition) is 8. The van der Waals surface area contributed by atoms with Crippen molar-refractivity contribution in [3.05, 3.63) is 122 Å². The molecule has 0 N–H and O–H groups in total. The van der Waals surface area contributed by atoms with Crippen LogP contribution in [0.15, 0.2) is 122 Å². The Balaban J connectivity index is 4.45. The van der Waals surface area contributed by atoms with Gasteiger partial charge in [0, 0.05) is 12.8 Å². The fourth-order valence-electron chi connectivity index (χ4n) is 5.77. The molecule has 0 spiro atoms. The fraction of sp³-hybridized carbons (Fsp3) is 0.593. The molecule has 0 aromatic rings. The minimum absolute atomic E-state index is 0.0511. The van der Waals surface area contributed by atoms with Crippen LogP contribution in [0.25, 0.3) is 0 Å². The summed E-state index contributed by atoms with van der Waals surface area (Å²) in [6.07, 6.45) is 62.3. The summed E-state index contributed by atoms with van der Waals surface area (Å²) >= 11 is 0. The minimum Gasteiger partial charge on any atom is -0.756 e. The van der Waals surface area contributed by atoms with E-state index < -0.39 is 32.5 Å². The van der Waals surface area contributed by atoms with Crippen molar-refractivity contribution >= 4 is 19.8 Å². The van der Waals surface area contributed by atoms with Crippen LogP contribution in [0, 0.1) is 0 Å². The lowest BCUT2D eigenvalue weighted by molar-refractivity contribution is -0.870. The van der Waals surface area contributed by atoms with Crippen LogP contribution in [0.5, 0.6) is 0 Å². The first kappa shape index (κ1) is 60.4. The summed E-state index contributed by atoms with van der Waals surface area (Å²) in [5.74, 6) is -0.928. The van der Waals surface area contributed by atoms with Crippen molar-refractivity contribution in [2.45, 2.75) is 161 Å². The van der Waals surface area contributed by atoms with Crippen LogP contribution in [0.1, 0.15) is 155 Å². The second kappa shape index (κ2) is 44.6. The van der Waals surface area contributed by atoms with Gasteiger partial charge in [0.25, 0.3) is 7.82 Å². The summed E-state index contributed by atoms with van der Waals surface area (Å²) in [5, 5.41) is 0. The van der Waals surface area contributed by atoms with Gasteiger partial charge in [-0.25, -0.2) is 0 Å². The van der Waals surface area contributed by atoms with Crippen LogP contribution in [0.3, 0.4) is 0 Å². The Labute approximate surface area is 390 Å². The van der Waals surface area contributed by atoms with Gasteiger partial charge in [0.05, 0.1) is 27.7 Å². The molecule has 0 aliphatic heterocycles. The molecule has 2 atom stereocenters. The quantitative estimate of drug-likeness (QED) is 0.0196. The molecule has 0 aliphatic rings. The van der Waals surface area contributed by atoms with Crippen molar-refractivity contribution in [3.8, 4) is 0 Å². The van der Waals surface area contributed by atoms with Gasteiger partial charge in [0.1, 0.15) is 19.8 Å². The van der Waals surface area contributed by atoms with E-state index in [0.29, 0.717) is 30.3 Å². The van der Waals surface area contributed by atoms with Crippen LogP contribution >= 0.6 is 7.82 Å². The van der Waals surface area contributed by atoms with E-state index in [9.17, 15) is 19.0 Å². The summed E-state index contributed by atoms with van der Waals surface area (Å²) in [6.45, 7) is 3.90.